The van der Waals surface area contributed by atoms with E-state index in [1.165, 1.54) is 17.4 Å². The van der Waals surface area contributed by atoms with E-state index in [9.17, 15) is 4.39 Å². The van der Waals surface area contributed by atoms with E-state index >= 15 is 0 Å². The van der Waals surface area contributed by atoms with Gasteiger partial charge in [-0.2, -0.15) is 0 Å². The number of thiophene rings is 1. The average Bonchev–Trinajstić information content (AvgIpc) is 3.05. The number of aromatic nitrogens is 2. The van der Waals surface area contributed by atoms with E-state index in [4.69, 9.17) is 5.73 Å². The van der Waals surface area contributed by atoms with E-state index in [0.717, 1.165) is 22.5 Å². The molecule has 0 aliphatic carbocycles. The quantitative estimate of drug-likeness (QED) is 0.729. The normalized spacial score (nSPS) is 9.65. The summed E-state index contributed by atoms with van der Waals surface area (Å²) in [6, 6.07) is 6.94. The summed E-state index contributed by atoms with van der Waals surface area (Å²) < 4.78 is 14.3. The van der Waals surface area contributed by atoms with E-state index in [1.54, 1.807) is 12.3 Å². The number of halogens is 1. The SMILES string of the molecule is CC.CC.NCCc1nccc(-c2csc3c(F)cccc23)n1. The first-order valence-electron chi connectivity index (χ1n) is 7.97. The largest absolute Gasteiger partial charge is 0.330 e. The van der Waals surface area contributed by atoms with Crippen LogP contribution in [0.3, 0.4) is 0 Å². The molecular weight excluding hydrogens is 309 g/mol. The van der Waals surface area contributed by atoms with Gasteiger partial charge < -0.3 is 5.73 Å². The fraction of sp³-hybridized carbons (Fsp3) is 0.333. The standard InChI is InChI=1S/C14H12FN3S.2C2H6/c15-11-3-1-2-9-10(8-19-14(9)11)12-5-7-17-13(18-12)4-6-16;2*1-2/h1-3,5,7-8H,4,6,16H2;2*1-2H3. The molecule has 1 aromatic carbocycles. The van der Waals surface area contributed by atoms with Crippen molar-refractivity contribution in [3.8, 4) is 11.3 Å². The molecule has 5 heteroatoms. The molecule has 0 radical (unpaired) electrons. The van der Waals surface area contributed by atoms with Gasteiger partial charge in [-0.05, 0) is 18.7 Å². The van der Waals surface area contributed by atoms with Gasteiger partial charge in [0.15, 0.2) is 0 Å². The second-order valence-corrected chi connectivity index (χ2v) is 5.04. The lowest BCUT2D eigenvalue weighted by molar-refractivity contribution is 0.642. The number of rotatable bonds is 3. The van der Waals surface area contributed by atoms with Crippen molar-refractivity contribution in [2.75, 3.05) is 6.54 Å². The zero-order chi connectivity index (χ0) is 17.2. The Kier molecular flexibility index (Phi) is 8.37. The van der Waals surface area contributed by atoms with Crippen molar-refractivity contribution in [2.24, 2.45) is 5.73 Å². The third-order valence-corrected chi connectivity index (χ3v) is 3.91. The second kappa shape index (κ2) is 10.0. The highest BCUT2D eigenvalue weighted by molar-refractivity contribution is 7.17. The summed E-state index contributed by atoms with van der Waals surface area (Å²) in [6.07, 6.45) is 2.36. The van der Waals surface area contributed by atoms with Crippen molar-refractivity contribution < 1.29 is 4.39 Å². The van der Waals surface area contributed by atoms with E-state index in [1.807, 2.05) is 45.2 Å². The molecule has 0 aliphatic rings. The molecule has 2 aromatic heterocycles. The molecule has 2 N–H and O–H groups in total. The van der Waals surface area contributed by atoms with Crippen LogP contribution in [0.1, 0.15) is 33.5 Å². The van der Waals surface area contributed by atoms with Crippen molar-refractivity contribution in [3.05, 3.63) is 47.5 Å². The van der Waals surface area contributed by atoms with Crippen LogP contribution in [0.5, 0.6) is 0 Å². The van der Waals surface area contributed by atoms with Crippen LogP contribution in [0, 0.1) is 5.82 Å². The maximum Gasteiger partial charge on any atom is 0.141 e. The molecule has 0 saturated heterocycles. The minimum Gasteiger partial charge on any atom is -0.330 e. The van der Waals surface area contributed by atoms with Gasteiger partial charge in [-0.3, -0.25) is 0 Å². The first kappa shape index (κ1) is 19.2. The summed E-state index contributed by atoms with van der Waals surface area (Å²) in [5.74, 6) is 0.528. The van der Waals surface area contributed by atoms with Gasteiger partial charge in [0.2, 0.25) is 0 Å². The molecular formula is C18H24FN3S. The summed E-state index contributed by atoms with van der Waals surface area (Å²) in [5.41, 5.74) is 7.27. The first-order chi connectivity index (χ1) is 11.3. The molecule has 0 unspecified atom stereocenters. The van der Waals surface area contributed by atoms with Crippen LogP contribution in [0.25, 0.3) is 21.3 Å². The van der Waals surface area contributed by atoms with Crippen LogP contribution in [0.4, 0.5) is 4.39 Å². The molecule has 23 heavy (non-hydrogen) atoms. The van der Waals surface area contributed by atoms with E-state index in [2.05, 4.69) is 9.97 Å². The number of benzene rings is 1. The molecule has 0 fully saturated rings. The van der Waals surface area contributed by atoms with E-state index in [-0.39, 0.29) is 5.82 Å². The smallest absolute Gasteiger partial charge is 0.141 e. The lowest BCUT2D eigenvalue weighted by Crippen LogP contribution is -2.06. The number of hydrogen-bond acceptors (Lipinski definition) is 4. The first-order valence-corrected chi connectivity index (χ1v) is 8.85. The van der Waals surface area contributed by atoms with E-state index in [0.29, 0.717) is 17.7 Å². The average molecular weight is 333 g/mol. The molecule has 3 nitrogen and oxygen atoms in total. The second-order valence-electron chi connectivity index (χ2n) is 4.16. The summed E-state index contributed by atoms with van der Waals surface area (Å²) in [5, 5.41) is 2.82. The van der Waals surface area contributed by atoms with Gasteiger partial charge in [-0.1, -0.05) is 39.8 Å². The minimum absolute atomic E-state index is 0.190. The molecule has 2 heterocycles. The topological polar surface area (TPSA) is 51.8 Å². The zero-order valence-corrected chi connectivity index (χ0v) is 15.0. The highest BCUT2D eigenvalue weighted by Gasteiger charge is 2.11. The van der Waals surface area contributed by atoms with Crippen molar-refractivity contribution in [3.63, 3.8) is 0 Å². The predicted molar refractivity (Wildman–Crippen MR) is 98.3 cm³/mol. The fourth-order valence-corrected chi connectivity index (χ4v) is 2.99. The third-order valence-electron chi connectivity index (χ3n) is 2.90. The Morgan fingerprint density at radius 1 is 1.13 bits per heavy atom. The molecule has 0 saturated carbocycles. The van der Waals surface area contributed by atoms with Crippen molar-refractivity contribution >= 4 is 21.4 Å². The maximum absolute atomic E-state index is 13.7. The number of fused-ring (bicyclic) bond motifs is 1. The van der Waals surface area contributed by atoms with Crippen LogP contribution >= 0.6 is 11.3 Å². The van der Waals surface area contributed by atoms with E-state index < -0.39 is 0 Å². The van der Waals surface area contributed by atoms with Gasteiger partial charge in [0.1, 0.15) is 11.6 Å². The summed E-state index contributed by atoms with van der Waals surface area (Å²) in [6.45, 7) is 8.52. The number of nitrogens with zero attached hydrogens (tertiary/aromatic N) is 2. The molecule has 3 rings (SSSR count). The Hall–Kier alpha value is -1.85. The highest BCUT2D eigenvalue weighted by Crippen LogP contribution is 2.34. The summed E-state index contributed by atoms with van der Waals surface area (Å²) in [7, 11) is 0. The molecule has 0 amide bonds. The minimum atomic E-state index is -0.190. The Bertz CT molecular complexity index is 725. The monoisotopic (exact) mass is 333 g/mol. The zero-order valence-electron chi connectivity index (χ0n) is 14.1. The van der Waals surface area contributed by atoms with Crippen LogP contribution in [0.15, 0.2) is 35.8 Å². The Morgan fingerprint density at radius 2 is 1.87 bits per heavy atom. The molecule has 124 valence electrons. The Balaban J connectivity index is 0.000000615. The van der Waals surface area contributed by atoms with Crippen molar-refractivity contribution in [1.82, 2.24) is 9.97 Å². The molecule has 0 aliphatic heterocycles. The van der Waals surface area contributed by atoms with Crippen molar-refractivity contribution in [2.45, 2.75) is 34.1 Å². The predicted octanol–water partition coefficient (Wildman–Crippen LogP) is 5.05. The molecule has 3 aromatic rings. The number of hydrogen-bond donors (Lipinski definition) is 1. The van der Waals surface area contributed by atoms with Gasteiger partial charge in [-0.25, -0.2) is 14.4 Å². The third kappa shape index (κ3) is 4.56. The number of nitrogens with two attached hydrogens (primary N) is 1. The van der Waals surface area contributed by atoms with Gasteiger partial charge in [0.05, 0.1) is 10.4 Å². The molecule has 0 spiro atoms. The summed E-state index contributed by atoms with van der Waals surface area (Å²) >= 11 is 1.39. The van der Waals surface area contributed by atoms with Crippen LogP contribution in [-0.2, 0) is 6.42 Å². The van der Waals surface area contributed by atoms with Crippen LogP contribution in [0.2, 0.25) is 0 Å². The van der Waals surface area contributed by atoms with Gasteiger partial charge in [0, 0.05) is 28.9 Å². The lowest BCUT2D eigenvalue weighted by Gasteiger charge is -2.02. The molecule has 0 atom stereocenters. The van der Waals surface area contributed by atoms with Gasteiger partial charge >= 0.3 is 0 Å². The fourth-order valence-electron chi connectivity index (χ4n) is 2.02. The Morgan fingerprint density at radius 3 is 2.57 bits per heavy atom. The highest BCUT2D eigenvalue weighted by atomic mass is 32.1. The van der Waals surface area contributed by atoms with Crippen LogP contribution < -0.4 is 5.73 Å². The van der Waals surface area contributed by atoms with Crippen LogP contribution in [-0.4, -0.2) is 16.5 Å². The maximum atomic E-state index is 13.7. The Labute approximate surface area is 141 Å². The lowest BCUT2D eigenvalue weighted by atomic mass is 10.1. The molecule has 0 bridgehead atoms. The summed E-state index contributed by atoms with van der Waals surface area (Å²) in [4.78, 5) is 8.65. The van der Waals surface area contributed by atoms with Gasteiger partial charge in [-0.15, -0.1) is 11.3 Å². The van der Waals surface area contributed by atoms with Gasteiger partial charge in [0.25, 0.3) is 0 Å². The van der Waals surface area contributed by atoms with Crippen molar-refractivity contribution in [1.29, 1.82) is 0 Å².